The highest BCUT2D eigenvalue weighted by Crippen LogP contribution is 2.37. The van der Waals surface area contributed by atoms with Crippen LogP contribution in [0.25, 0.3) is 0 Å². The zero-order valence-corrected chi connectivity index (χ0v) is 10.9. The van der Waals surface area contributed by atoms with Crippen LogP contribution in [0.4, 0.5) is 5.82 Å². The summed E-state index contributed by atoms with van der Waals surface area (Å²) in [4.78, 5) is 31.1. The Morgan fingerprint density at radius 1 is 1.72 bits per heavy atom. The number of hydrogen-bond donors (Lipinski definition) is 2. The van der Waals surface area contributed by atoms with E-state index in [9.17, 15) is 14.7 Å². The fourth-order valence-corrected chi connectivity index (χ4v) is 1.99. The second-order valence-corrected chi connectivity index (χ2v) is 4.93. The summed E-state index contributed by atoms with van der Waals surface area (Å²) >= 11 is 5.63. The zero-order valence-electron chi connectivity index (χ0n) is 9.26. The Morgan fingerprint density at radius 2 is 2.33 bits per heavy atom. The normalized spacial score (nSPS) is 13.6. The molecule has 11 heteroatoms. The first-order valence-electron chi connectivity index (χ1n) is 4.70. The van der Waals surface area contributed by atoms with Gasteiger partial charge in [0.25, 0.3) is 0 Å². The first-order valence-corrected chi connectivity index (χ1v) is 6.77. The quantitative estimate of drug-likeness (QED) is 0.347. The minimum absolute atomic E-state index is 0.113. The van der Waals surface area contributed by atoms with Gasteiger partial charge in [-0.3, -0.25) is 4.52 Å². The Morgan fingerprint density at radius 3 is 2.78 bits per heavy atom. The zero-order chi connectivity index (χ0) is 13.9. The first kappa shape index (κ1) is 15.1. The smallest absolute Gasteiger partial charge is 0.358 e. The van der Waals surface area contributed by atoms with Gasteiger partial charge >= 0.3 is 13.6 Å². The Hall–Kier alpha value is -0.990. The van der Waals surface area contributed by atoms with Gasteiger partial charge in [0.15, 0.2) is 5.82 Å². The van der Waals surface area contributed by atoms with Gasteiger partial charge in [-0.25, -0.2) is 14.1 Å². The molecule has 1 aromatic heterocycles. The number of nitro groups is 1. The van der Waals surface area contributed by atoms with Crippen molar-refractivity contribution in [3.63, 3.8) is 0 Å². The van der Waals surface area contributed by atoms with E-state index in [0.717, 1.165) is 6.20 Å². The predicted octanol–water partition coefficient (Wildman–Crippen LogP) is 0.989. The Labute approximate surface area is 107 Å². The first-order chi connectivity index (χ1) is 8.26. The topological polar surface area (TPSA) is 128 Å². The molecule has 0 saturated heterocycles. The molecular formula is C7H11ClN3O6P. The van der Waals surface area contributed by atoms with Gasteiger partial charge in [0.05, 0.1) is 5.88 Å². The average molecular weight is 300 g/mol. The Bertz CT molecular complexity index is 486. The van der Waals surface area contributed by atoms with Crippen LogP contribution < -0.4 is 0 Å². The molecule has 1 aromatic rings. The summed E-state index contributed by atoms with van der Waals surface area (Å²) in [5.41, 5.74) is 0. The summed E-state index contributed by atoms with van der Waals surface area (Å²) in [6.45, 7) is 1.07. The van der Waals surface area contributed by atoms with E-state index in [-0.39, 0.29) is 11.7 Å². The van der Waals surface area contributed by atoms with Gasteiger partial charge in [0, 0.05) is 6.92 Å². The van der Waals surface area contributed by atoms with Crippen LogP contribution in [0.3, 0.4) is 0 Å². The summed E-state index contributed by atoms with van der Waals surface area (Å²) in [7, 11) is -4.65. The number of imidazole rings is 1. The van der Waals surface area contributed by atoms with E-state index in [1.165, 1.54) is 11.5 Å². The van der Waals surface area contributed by atoms with Gasteiger partial charge in [-0.1, -0.05) is 0 Å². The van der Waals surface area contributed by atoms with E-state index in [4.69, 9.17) is 21.4 Å². The van der Waals surface area contributed by atoms with Crippen molar-refractivity contribution in [2.75, 3.05) is 12.5 Å². The van der Waals surface area contributed by atoms with Crippen LogP contribution in [0.15, 0.2) is 6.20 Å². The van der Waals surface area contributed by atoms with Crippen molar-refractivity contribution >= 4 is 25.2 Å². The number of halogens is 1. The lowest BCUT2D eigenvalue weighted by Gasteiger charge is -2.14. The van der Waals surface area contributed by atoms with Crippen molar-refractivity contribution in [1.82, 2.24) is 9.55 Å². The van der Waals surface area contributed by atoms with Crippen LogP contribution in [0, 0.1) is 17.0 Å². The van der Waals surface area contributed by atoms with Gasteiger partial charge in [-0.05, 0) is 4.92 Å². The molecule has 1 unspecified atom stereocenters. The molecular weight excluding hydrogens is 289 g/mol. The summed E-state index contributed by atoms with van der Waals surface area (Å²) in [5, 5.41) is 10.8. The number of alkyl halides is 1. The maximum Gasteiger partial charge on any atom is 0.469 e. The maximum absolute atomic E-state index is 10.8. The molecule has 0 bridgehead atoms. The number of phosphoric acid groups is 1. The van der Waals surface area contributed by atoms with Gasteiger partial charge in [-0.15, -0.1) is 11.6 Å². The number of aryl methyl sites for hydroxylation is 1. The number of nitrogens with zero attached hydrogens (tertiary/aromatic N) is 3. The lowest BCUT2D eigenvalue weighted by atomic mass is 10.3. The molecule has 0 spiro atoms. The third-order valence-electron chi connectivity index (χ3n) is 2.13. The van der Waals surface area contributed by atoms with Crippen molar-refractivity contribution in [1.29, 1.82) is 0 Å². The van der Waals surface area contributed by atoms with Crippen LogP contribution in [0.2, 0.25) is 0 Å². The number of rotatable bonds is 6. The molecule has 102 valence electrons. The summed E-state index contributed by atoms with van der Waals surface area (Å²) in [5.74, 6) is -0.118. The molecule has 0 aliphatic carbocycles. The highest BCUT2D eigenvalue weighted by molar-refractivity contribution is 7.46. The predicted molar refractivity (Wildman–Crippen MR) is 61.4 cm³/mol. The van der Waals surface area contributed by atoms with Crippen LogP contribution in [0.1, 0.15) is 11.9 Å². The van der Waals surface area contributed by atoms with E-state index in [1.54, 1.807) is 0 Å². The Balaban J connectivity index is 2.98. The standard InChI is InChI=1S/C7H11ClN3O6P/c1-5-9-3-7(11(12)13)10(5)6(2-8)4-17-18(14,15)16/h3,6H,2,4H2,1H3,(H2,14,15,16). The molecule has 18 heavy (non-hydrogen) atoms. The molecule has 1 heterocycles. The molecule has 0 fully saturated rings. The van der Waals surface area contributed by atoms with Crippen LogP contribution >= 0.6 is 19.4 Å². The Kier molecular flexibility index (Phi) is 4.83. The minimum atomic E-state index is -4.65. The fraction of sp³-hybridized carbons (Fsp3) is 0.571. The molecule has 0 aromatic carbocycles. The number of hydrogen-bond acceptors (Lipinski definition) is 5. The van der Waals surface area contributed by atoms with E-state index < -0.39 is 25.4 Å². The van der Waals surface area contributed by atoms with Gasteiger partial charge in [0.2, 0.25) is 0 Å². The third-order valence-corrected chi connectivity index (χ3v) is 2.97. The van der Waals surface area contributed by atoms with E-state index in [0.29, 0.717) is 5.82 Å². The molecule has 0 amide bonds. The van der Waals surface area contributed by atoms with Crippen molar-refractivity contribution in [3.8, 4) is 0 Å². The summed E-state index contributed by atoms with van der Waals surface area (Å²) < 4.78 is 16.1. The average Bonchev–Trinajstić information content (AvgIpc) is 2.60. The third kappa shape index (κ3) is 3.76. The van der Waals surface area contributed by atoms with Crippen LogP contribution in [-0.4, -0.2) is 36.7 Å². The molecule has 1 atom stereocenters. The van der Waals surface area contributed by atoms with Crippen molar-refractivity contribution in [2.24, 2.45) is 0 Å². The van der Waals surface area contributed by atoms with Crippen LogP contribution in [0.5, 0.6) is 0 Å². The molecule has 0 aliphatic rings. The lowest BCUT2D eigenvalue weighted by molar-refractivity contribution is -0.392. The van der Waals surface area contributed by atoms with Gasteiger partial charge in [0.1, 0.15) is 18.8 Å². The van der Waals surface area contributed by atoms with Crippen molar-refractivity contribution in [2.45, 2.75) is 13.0 Å². The second-order valence-electron chi connectivity index (χ2n) is 3.39. The molecule has 0 saturated carbocycles. The molecule has 1 rings (SSSR count). The molecule has 0 aliphatic heterocycles. The molecule has 9 nitrogen and oxygen atoms in total. The summed E-state index contributed by atoms with van der Waals surface area (Å²) in [6.07, 6.45) is 1.05. The summed E-state index contributed by atoms with van der Waals surface area (Å²) in [6, 6.07) is -0.790. The monoisotopic (exact) mass is 299 g/mol. The minimum Gasteiger partial charge on any atom is -0.358 e. The molecule has 0 radical (unpaired) electrons. The fourth-order valence-electron chi connectivity index (χ4n) is 1.40. The van der Waals surface area contributed by atoms with E-state index in [1.807, 2.05) is 0 Å². The van der Waals surface area contributed by atoms with Crippen molar-refractivity contribution < 1.29 is 23.8 Å². The van der Waals surface area contributed by atoms with Crippen LogP contribution in [-0.2, 0) is 9.09 Å². The molecule has 2 N–H and O–H groups in total. The lowest BCUT2D eigenvalue weighted by Crippen LogP contribution is -2.19. The highest BCUT2D eigenvalue weighted by atomic mass is 35.5. The largest absolute Gasteiger partial charge is 0.469 e. The SMILES string of the molecule is Cc1ncc([N+](=O)[O-])n1C(CCl)COP(=O)(O)O. The number of phosphoric ester groups is 1. The van der Waals surface area contributed by atoms with Crippen molar-refractivity contribution in [3.05, 3.63) is 22.1 Å². The number of aromatic nitrogens is 2. The van der Waals surface area contributed by atoms with Gasteiger partial charge < -0.3 is 19.9 Å². The van der Waals surface area contributed by atoms with E-state index in [2.05, 4.69) is 9.51 Å². The van der Waals surface area contributed by atoms with E-state index >= 15 is 0 Å². The second kappa shape index (κ2) is 5.77. The van der Waals surface area contributed by atoms with Gasteiger partial charge in [-0.2, -0.15) is 0 Å². The maximum atomic E-state index is 10.8. The highest BCUT2D eigenvalue weighted by Gasteiger charge is 2.28.